The van der Waals surface area contributed by atoms with Crippen molar-refractivity contribution in [3.05, 3.63) is 170 Å². The predicted molar refractivity (Wildman–Crippen MR) is 175 cm³/mol. The minimum absolute atomic E-state index is 0.711. The van der Waals surface area contributed by atoms with Gasteiger partial charge in [0, 0.05) is 16.7 Å². The Morgan fingerprint density at radius 1 is 0.238 bits per heavy atom. The smallest absolute Gasteiger partial charge is 0.160 e. The maximum absolute atomic E-state index is 5.09. The van der Waals surface area contributed by atoms with Gasteiger partial charge in [0.25, 0.3) is 0 Å². The van der Waals surface area contributed by atoms with Gasteiger partial charge in [0.15, 0.2) is 5.82 Å². The van der Waals surface area contributed by atoms with Crippen LogP contribution in [0.5, 0.6) is 0 Å². The van der Waals surface area contributed by atoms with E-state index in [1.54, 1.807) is 0 Å². The number of benzene rings is 6. The molecule has 2 heteroatoms. The van der Waals surface area contributed by atoms with Crippen molar-refractivity contribution in [3.8, 4) is 67.3 Å². The maximum Gasteiger partial charge on any atom is 0.160 e. The first-order valence-corrected chi connectivity index (χ1v) is 14.2. The predicted octanol–water partition coefficient (Wildman–Crippen LogP) is 10.5. The van der Waals surface area contributed by atoms with Gasteiger partial charge in [-0.3, -0.25) is 0 Å². The van der Waals surface area contributed by atoms with Crippen molar-refractivity contribution in [1.82, 2.24) is 9.97 Å². The van der Waals surface area contributed by atoms with E-state index in [9.17, 15) is 0 Å². The van der Waals surface area contributed by atoms with Gasteiger partial charge in [-0.25, -0.2) is 9.97 Å². The highest BCUT2D eigenvalue weighted by molar-refractivity contribution is 5.78. The van der Waals surface area contributed by atoms with Gasteiger partial charge in [0.05, 0.1) is 11.4 Å². The van der Waals surface area contributed by atoms with Gasteiger partial charge in [-0.15, -0.1) is 0 Å². The molecule has 198 valence electrons. The van der Waals surface area contributed by atoms with Crippen LogP contribution in [0, 0.1) is 0 Å². The first-order chi connectivity index (χ1) is 20.8. The lowest BCUT2D eigenvalue weighted by Crippen LogP contribution is -1.96. The molecule has 0 unspecified atom stereocenters. The third-order valence-corrected chi connectivity index (χ3v) is 7.51. The molecule has 0 saturated carbocycles. The molecule has 7 aromatic rings. The molecule has 1 aromatic heterocycles. The fraction of sp³-hybridized carbons (Fsp3) is 0. The van der Waals surface area contributed by atoms with Gasteiger partial charge >= 0.3 is 0 Å². The van der Waals surface area contributed by atoms with Crippen LogP contribution in [0.1, 0.15) is 0 Å². The molecule has 0 atom stereocenters. The second kappa shape index (κ2) is 11.5. The average Bonchev–Trinajstić information content (AvgIpc) is 3.09. The summed E-state index contributed by atoms with van der Waals surface area (Å²) in [4.78, 5) is 10.1. The molecule has 0 aliphatic rings. The Labute approximate surface area is 246 Å². The number of nitrogens with zero attached hydrogens (tertiary/aromatic N) is 2. The van der Waals surface area contributed by atoms with E-state index < -0.39 is 0 Å². The molecule has 0 N–H and O–H groups in total. The van der Waals surface area contributed by atoms with E-state index >= 15 is 0 Å². The lowest BCUT2D eigenvalue weighted by molar-refractivity contribution is 1.18. The van der Waals surface area contributed by atoms with E-state index in [4.69, 9.17) is 9.97 Å². The topological polar surface area (TPSA) is 25.8 Å². The van der Waals surface area contributed by atoms with Crippen LogP contribution in [0.3, 0.4) is 0 Å². The normalized spacial score (nSPS) is 10.9. The van der Waals surface area contributed by atoms with Gasteiger partial charge in [-0.2, -0.15) is 0 Å². The molecule has 0 fully saturated rings. The van der Waals surface area contributed by atoms with Crippen LogP contribution in [0.2, 0.25) is 0 Å². The van der Waals surface area contributed by atoms with Crippen molar-refractivity contribution in [2.75, 3.05) is 0 Å². The van der Waals surface area contributed by atoms with Crippen molar-refractivity contribution < 1.29 is 0 Å². The molecule has 0 radical (unpaired) electrons. The Balaban J connectivity index is 1.30. The minimum atomic E-state index is 0.711. The largest absolute Gasteiger partial charge is 0.228 e. The fourth-order valence-corrected chi connectivity index (χ4v) is 5.29. The van der Waals surface area contributed by atoms with E-state index in [-0.39, 0.29) is 0 Å². The van der Waals surface area contributed by atoms with Crippen LogP contribution >= 0.6 is 0 Å². The van der Waals surface area contributed by atoms with Gasteiger partial charge < -0.3 is 0 Å². The molecule has 42 heavy (non-hydrogen) atoms. The maximum atomic E-state index is 5.09. The molecule has 0 spiro atoms. The molecule has 0 saturated heterocycles. The van der Waals surface area contributed by atoms with Crippen molar-refractivity contribution in [1.29, 1.82) is 0 Å². The van der Waals surface area contributed by atoms with Gasteiger partial charge in [0.2, 0.25) is 0 Å². The van der Waals surface area contributed by atoms with Crippen molar-refractivity contribution >= 4 is 0 Å². The molecule has 0 aliphatic heterocycles. The first kappa shape index (κ1) is 25.4. The van der Waals surface area contributed by atoms with Crippen LogP contribution < -0.4 is 0 Å². The van der Waals surface area contributed by atoms with E-state index in [2.05, 4.69) is 140 Å². The van der Waals surface area contributed by atoms with E-state index in [1.807, 2.05) is 30.3 Å². The highest BCUT2D eigenvalue weighted by Gasteiger charge is 2.12. The quantitative estimate of drug-likeness (QED) is 0.211. The highest BCUT2D eigenvalue weighted by Crippen LogP contribution is 2.32. The molecule has 7 rings (SSSR count). The lowest BCUT2D eigenvalue weighted by Gasteiger charge is -2.11. The molecule has 0 aliphatic carbocycles. The Kier molecular flexibility index (Phi) is 6.94. The van der Waals surface area contributed by atoms with Crippen LogP contribution in [0.15, 0.2) is 170 Å². The van der Waals surface area contributed by atoms with E-state index in [1.165, 1.54) is 27.8 Å². The molecule has 0 amide bonds. The molecule has 0 bridgehead atoms. The summed E-state index contributed by atoms with van der Waals surface area (Å²) in [6, 6.07) is 59.2. The van der Waals surface area contributed by atoms with E-state index in [0.717, 1.165) is 33.6 Å². The zero-order valence-electron chi connectivity index (χ0n) is 23.1. The molecule has 2 nitrogen and oxygen atoms in total. The first-order valence-electron chi connectivity index (χ1n) is 14.2. The van der Waals surface area contributed by atoms with Crippen LogP contribution in [0.4, 0.5) is 0 Å². The van der Waals surface area contributed by atoms with Crippen molar-refractivity contribution in [2.24, 2.45) is 0 Å². The second-order valence-corrected chi connectivity index (χ2v) is 10.3. The summed E-state index contributed by atoms with van der Waals surface area (Å²) in [6.45, 7) is 0. The summed E-state index contributed by atoms with van der Waals surface area (Å²) >= 11 is 0. The zero-order valence-corrected chi connectivity index (χ0v) is 23.1. The van der Waals surface area contributed by atoms with Crippen LogP contribution in [-0.2, 0) is 0 Å². The zero-order chi connectivity index (χ0) is 28.1. The number of hydrogen-bond donors (Lipinski definition) is 0. The number of aromatic nitrogens is 2. The van der Waals surface area contributed by atoms with Crippen LogP contribution in [-0.4, -0.2) is 9.97 Å². The summed E-state index contributed by atoms with van der Waals surface area (Å²) in [5.41, 5.74) is 12.0. The summed E-state index contributed by atoms with van der Waals surface area (Å²) in [6.07, 6.45) is 0. The molecular weight excluding hydrogens is 508 g/mol. The third kappa shape index (κ3) is 5.39. The average molecular weight is 537 g/mol. The molecular formula is C40H28N2. The van der Waals surface area contributed by atoms with Gasteiger partial charge in [0.1, 0.15) is 0 Å². The van der Waals surface area contributed by atoms with Crippen LogP contribution in [0.25, 0.3) is 67.3 Å². The lowest BCUT2D eigenvalue weighted by atomic mass is 9.97. The molecule has 6 aromatic carbocycles. The monoisotopic (exact) mass is 536 g/mol. The third-order valence-electron chi connectivity index (χ3n) is 7.51. The number of rotatable bonds is 6. The summed E-state index contributed by atoms with van der Waals surface area (Å²) < 4.78 is 0. The fourth-order valence-electron chi connectivity index (χ4n) is 5.29. The highest BCUT2D eigenvalue weighted by atomic mass is 14.9. The molecule has 1 heterocycles. The Bertz CT molecular complexity index is 1950. The Morgan fingerprint density at radius 3 is 1.17 bits per heavy atom. The van der Waals surface area contributed by atoms with Gasteiger partial charge in [-0.05, 0) is 51.6 Å². The minimum Gasteiger partial charge on any atom is -0.228 e. The second-order valence-electron chi connectivity index (χ2n) is 10.3. The Morgan fingerprint density at radius 2 is 0.595 bits per heavy atom. The summed E-state index contributed by atoms with van der Waals surface area (Å²) in [5.74, 6) is 0.711. The number of hydrogen-bond acceptors (Lipinski definition) is 2. The van der Waals surface area contributed by atoms with E-state index in [0.29, 0.717) is 5.82 Å². The van der Waals surface area contributed by atoms with Crippen molar-refractivity contribution in [2.45, 2.75) is 0 Å². The SMILES string of the molecule is c1ccc(-c2ccc(-c3nc(-c4ccccc4)cc(-c4cccc(-c5cccc(-c6ccccc6)c5)c4)n3)cc2)cc1. The van der Waals surface area contributed by atoms with Gasteiger partial charge in [-0.1, -0.05) is 152 Å². The standard InChI is InChI=1S/C40H28N2/c1-4-12-29(13-5-1)31-22-24-33(25-23-31)40-41-38(32-16-8-3-9-17-32)28-39(42-40)37-21-11-20-36(27-37)35-19-10-18-34(26-35)30-14-6-2-7-15-30/h1-28H. The summed E-state index contributed by atoms with van der Waals surface area (Å²) in [7, 11) is 0. The Hall–Kier alpha value is -5.60. The van der Waals surface area contributed by atoms with Crippen molar-refractivity contribution in [3.63, 3.8) is 0 Å². The summed E-state index contributed by atoms with van der Waals surface area (Å²) in [5, 5.41) is 0.